The number of nitrogens with zero attached hydrogens (tertiary/aromatic N) is 1. The van der Waals surface area contributed by atoms with Crippen molar-refractivity contribution in [3.8, 4) is 22.3 Å². The van der Waals surface area contributed by atoms with E-state index in [0.29, 0.717) is 0 Å². The summed E-state index contributed by atoms with van der Waals surface area (Å²) in [5.41, 5.74) is 8.21. The standard InChI is InChI=1S/C52H33NS/c1-2-12-34(13-3-1)35-24-27-39(28-25-35)53(40-29-31-50-47(33-40)44-19-9-11-21-49(44)54-50)48-20-10-8-18-43(48)46-32-38-15-5-7-17-42(38)52-45(46)30-26-37-23-22-36-14-4-6-16-41(36)51(37)52/h1-33H. The second-order valence-corrected chi connectivity index (χ2v) is 15.1. The third-order valence-corrected chi connectivity index (χ3v) is 12.2. The molecule has 1 heterocycles. The van der Waals surface area contributed by atoms with Crippen LogP contribution in [-0.2, 0) is 0 Å². The van der Waals surface area contributed by atoms with Crippen LogP contribution in [0.3, 0.4) is 0 Å². The van der Waals surface area contributed by atoms with Crippen molar-refractivity contribution in [3.05, 3.63) is 200 Å². The van der Waals surface area contributed by atoms with E-state index in [0.717, 1.165) is 17.1 Å². The van der Waals surface area contributed by atoms with Crippen LogP contribution in [0.15, 0.2) is 200 Å². The Labute approximate surface area is 317 Å². The van der Waals surface area contributed by atoms with Crippen molar-refractivity contribution in [2.75, 3.05) is 4.90 Å². The molecule has 252 valence electrons. The predicted octanol–water partition coefficient (Wildman–Crippen LogP) is 15.5. The van der Waals surface area contributed by atoms with E-state index in [1.165, 1.54) is 85.5 Å². The van der Waals surface area contributed by atoms with Crippen molar-refractivity contribution in [2.24, 2.45) is 0 Å². The number of fused-ring (bicyclic) bond motifs is 10. The molecule has 0 unspecified atom stereocenters. The monoisotopic (exact) mass is 703 g/mol. The second-order valence-electron chi connectivity index (χ2n) is 14.1. The van der Waals surface area contributed by atoms with E-state index in [9.17, 15) is 0 Å². The number of benzene rings is 10. The smallest absolute Gasteiger partial charge is 0.0540 e. The zero-order valence-electron chi connectivity index (χ0n) is 29.4. The van der Waals surface area contributed by atoms with Crippen molar-refractivity contribution in [3.63, 3.8) is 0 Å². The fourth-order valence-corrected chi connectivity index (χ4v) is 9.60. The van der Waals surface area contributed by atoms with Crippen LogP contribution in [0.5, 0.6) is 0 Å². The average Bonchev–Trinajstić information content (AvgIpc) is 3.62. The minimum Gasteiger partial charge on any atom is -0.310 e. The molecule has 1 nitrogen and oxygen atoms in total. The van der Waals surface area contributed by atoms with Crippen molar-refractivity contribution in [1.29, 1.82) is 0 Å². The molecule has 10 aromatic carbocycles. The number of thiophene rings is 1. The largest absolute Gasteiger partial charge is 0.310 e. The Morgan fingerprint density at radius 1 is 0.315 bits per heavy atom. The molecule has 0 N–H and O–H groups in total. The molecule has 0 aliphatic heterocycles. The van der Waals surface area contributed by atoms with Gasteiger partial charge in [0, 0.05) is 37.1 Å². The third-order valence-electron chi connectivity index (χ3n) is 11.0. The first kappa shape index (κ1) is 30.8. The molecule has 0 spiro atoms. The summed E-state index contributed by atoms with van der Waals surface area (Å²) >= 11 is 1.86. The number of para-hydroxylation sites is 1. The second kappa shape index (κ2) is 12.4. The molecular formula is C52H33NS. The lowest BCUT2D eigenvalue weighted by molar-refractivity contribution is 1.29. The molecule has 0 saturated heterocycles. The summed E-state index contributed by atoms with van der Waals surface area (Å²) in [6.45, 7) is 0. The highest BCUT2D eigenvalue weighted by Crippen LogP contribution is 2.47. The first-order valence-electron chi connectivity index (χ1n) is 18.5. The Morgan fingerprint density at radius 2 is 0.926 bits per heavy atom. The van der Waals surface area contributed by atoms with Gasteiger partial charge in [-0.1, -0.05) is 152 Å². The van der Waals surface area contributed by atoms with Crippen LogP contribution in [-0.4, -0.2) is 0 Å². The van der Waals surface area contributed by atoms with Gasteiger partial charge in [-0.05, 0) is 108 Å². The van der Waals surface area contributed by atoms with E-state index in [1.54, 1.807) is 0 Å². The van der Waals surface area contributed by atoms with Crippen LogP contribution >= 0.6 is 11.3 Å². The Bertz CT molecular complexity index is 3210. The van der Waals surface area contributed by atoms with Crippen LogP contribution in [0.2, 0.25) is 0 Å². The molecule has 2 heteroatoms. The lowest BCUT2D eigenvalue weighted by atomic mass is 9.88. The summed E-state index contributed by atoms with van der Waals surface area (Å²) in [6.07, 6.45) is 0. The molecule has 54 heavy (non-hydrogen) atoms. The van der Waals surface area contributed by atoms with Gasteiger partial charge in [-0.25, -0.2) is 0 Å². The van der Waals surface area contributed by atoms with E-state index in [1.807, 2.05) is 11.3 Å². The van der Waals surface area contributed by atoms with Gasteiger partial charge < -0.3 is 4.90 Å². The molecule has 0 fully saturated rings. The Morgan fingerprint density at radius 3 is 1.78 bits per heavy atom. The zero-order valence-corrected chi connectivity index (χ0v) is 30.2. The Balaban J connectivity index is 1.20. The maximum Gasteiger partial charge on any atom is 0.0540 e. The van der Waals surface area contributed by atoms with Crippen molar-refractivity contribution in [2.45, 2.75) is 0 Å². The van der Waals surface area contributed by atoms with Crippen molar-refractivity contribution >= 4 is 91.7 Å². The van der Waals surface area contributed by atoms with Gasteiger partial charge in [-0.15, -0.1) is 11.3 Å². The molecule has 0 saturated carbocycles. The molecule has 11 aromatic rings. The summed E-state index contributed by atoms with van der Waals surface area (Å²) in [5.74, 6) is 0. The van der Waals surface area contributed by atoms with Gasteiger partial charge in [0.1, 0.15) is 0 Å². The van der Waals surface area contributed by atoms with Crippen LogP contribution < -0.4 is 4.90 Å². The van der Waals surface area contributed by atoms with Gasteiger partial charge in [0.05, 0.1) is 5.69 Å². The highest BCUT2D eigenvalue weighted by atomic mass is 32.1. The first-order valence-corrected chi connectivity index (χ1v) is 19.3. The minimum absolute atomic E-state index is 1.11. The van der Waals surface area contributed by atoms with Crippen molar-refractivity contribution in [1.82, 2.24) is 0 Å². The average molecular weight is 704 g/mol. The van der Waals surface area contributed by atoms with Crippen molar-refractivity contribution < 1.29 is 0 Å². The summed E-state index contributed by atoms with van der Waals surface area (Å²) < 4.78 is 2.61. The van der Waals surface area contributed by atoms with Gasteiger partial charge in [-0.3, -0.25) is 0 Å². The number of rotatable bonds is 5. The highest BCUT2D eigenvalue weighted by molar-refractivity contribution is 7.25. The maximum atomic E-state index is 2.45. The van der Waals surface area contributed by atoms with Gasteiger partial charge >= 0.3 is 0 Å². The summed E-state index contributed by atoms with van der Waals surface area (Å²) in [6, 6.07) is 73.6. The minimum atomic E-state index is 1.11. The van der Waals surface area contributed by atoms with Gasteiger partial charge in [-0.2, -0.15) is 0 Å². The number of hydrogen-bond acceptors (Lipinski definition) is 2. The molecule has 11 rings (SSSR count). The predicted molar refractivity (Wildman–Crippen MR) is 235 cm³/mol. The molecule has 0 aliphatic rings. The van der Waals surface area contributed by atoms with E-state index in [4.69, 9.17) is 0 Å². The normalized spacial score (nSPS) is 11.7. The van der Waals surface area contributed by atoms with Crippen LogP contribution in [0.25, 0.3) is 85.5 Å². The fourth-order valence-electron chi connectivity index (χ4n) is 8.52. The Kier molecular flexibility index (Phi) is 7.11. The lowest BCUT2D eigenvalue weighted by Gasteiger charge is -2.29. The quantitative estimate of drug-likeness (QED) is 0.161. The van der Waals surface area contributed by atoms with E-state index in [2.05, 4.69) is 205 Å². The van der Waals surface area contributed by atoms with E-state index >= 15 is 0 Å². The zero-order chi connectivity index (χ0) is 35.6. The topological polar surface area (TPSA) is 3.24 Å². The summed E-state index contributed by atoms with van der Waals surface area (Å²) in [5, 5.41) is 12.8. The number of anilines is 3. The summed E-state index contributed by atoms with van der Waals surface area (Å²) in [7, 11) is 0. The Hall–Kier alpha value is -6.74. The van der Waals surface area contributed by atoms with E-state index < -0.39 is 0 Å². The molecule has 0 radical (unpaired) electrons. The van der Waals surface area contributed by atoms with Gasteiger partial charge in [0.15, 0.2) is 0 Å². The molecule has 1 aromatic heterocycles. The fraction of sp³-hybridized carbons (Fsp3) is 0. The molecule has 0 bridgehead atoms. The lowest BCUT2D eigenvalue weighted by Crippen LogP contribution is -2.11. The highest BCUT2D eigenvalue weighted by Gasteiger charge is 2.21. The molecule has 0 atom stereocenters. The first-order chi connectivity index (χ1) is 26.8. The van der Waals surface area contributed by atoms with Crippen LogP contribution in [0.4, 0.5) is 17.1 Å². The van der Waals surface area contributed by atoms with Crippen LogP contribution in [0.1, 0.15) is 0 Å². The van der Waals surface area contributed by atoms with Gasteiger partial charge in [0.2, 0.25) is 0 Å². The molecular weight excluding hydrogens is 671 g/mol. The van der Waals surface area contributed by atoms with E-state index in [-0.39, 0.29) is 0 Å². The third kappa shape index (κ3) is 4.92. The maximum absolute atomic E-state index is 2.45. The molecule has 0 aliphatic carbocycles. The summed E-state index contributed by atoms with van der Waals surface area (Å²) in [4.78, 5) is 2.45. The molecule has 0 amide bonds. The van der Waals surface area contributed by atoms with Gasteiger partial charge in [0.25, 0.3) is 0 Å². The van der Waals surface area contributed by atoms with Crippen LogP contribution in [0, 0.1) is 0 Å². The number of hydrogen-bond donors (Lipinski definition) is 0. The SMILES string of the molecule is c1ccc(-c2ccc(N(c3ccc4sc5ccccc5c4c3)c3ccccc3-c3cc4ccccc4c4c3ccc3ccc5ccccc5c34)cc2)cc1.